The van der Waals surface area contributed by atoms with Crippen LogP contribution in [-0.2, 0) is 15.0 Å². The summed E-state index contributed by atoms with van der Waals surface area (Å²) in [6, 6.07) is 15.7. The van der Waals surface area contributed by atoms with Crippen LogP contribution in [0.2, 0.25) is 0 Å². The van der Waals surface area contributed by atoms with Gasteiger partial charge in [0.15, 0.2) is 5.60 Å². The van der Waals surface area contributed by atoms with E-state index in [1.807, 2.05) is 53.4 Å². The van der Waals surface area contributed by atoms with E-state index in [9.17, 15) is 9.59 Å². The number of anilines is 2. The van der Waals surface area contributed by atoms with E-state index >= 15 is 0 Å². The lowest BCUT2D eigenvalue weighted by atomic mass is 9.87. The van der Waals surface area contributed by atoms with Crippen molar-refractivity contribution in [1.29, 1.82) is 0 Å². The average Bonchev–Trinajstić information content (AvgIpc) is 2.74. The predicted octanol–water partition coefficient (Wildman–Crippen LogP) is 4.45. The zero-order valence-corrected chi connectivity index (χ0v) is 20.1. The van der Waals surface area contributed by atoms with Crippen molar-refractivity contribution in [2.45, 2.75) is 52.6 Å². The van der Waals surface area contributed by atoms with Crippen molar-refractivity contribution < 1.29 is 14.3 Å². The van der Waals surface area contributed by atoms with E-state index in [1.165, 1.54) is 5.56 Å². The molecule has 2 amide bonds. The number of piperazine rings is 1. The second kappa shape index (κ2) is 9.23. The highest BCUT2D eigenvalue weighted by Crippen LogP contribution is 2.27. The molecular formula is C26H35N3O3. The number of carbonyl (C=O) groups is 2. The molecule has 6 heteroatoms. The molecule has 0 spiro atoms. The summed E-state index contributed by atoms with van der Waals surface area (Å²) in [6.45, 7) is 14.7. The van der Waals surface area contributed by atoms with E-state index in [0.717, 1.165) is 37.6 Å². The number of benzene rings is 2. The first-order valence-electron chi connectivity index (χ1n) is 11.2. The maximum absolute atomic E-state index is 12.9. The summed E-state index contributed by atoms with van der Waals surface area (Å²) in [7, 11) is 0. The van der Waals surface area contributed by atoms with Crippen LogP contribution in [0.15, 0.2) is 48.5 Å². The van der Waals surface area contributed by atoms with Crippen LogP contribution in [0.25, 0.3) is 0 Å². The fourth-order valence-corrected chi connectivity index (χ4v) is 3.68. The Hall–Kier alpha value is -3.02. The molecule has 0 saturated carbocycles. The second-order valence-electron chi connectivity index (χ2n) is 9.88. The molecule has 0 atom stereocenters. The third-order valence-corrected chi connectivity index (χ3v) is 5.86. The number of hydrogen-bond acceptors (Lipinski definition) is 4. The maximum Gasteiger partial charge on any atom is 0.267 e. The Kier molecular flexibility index (Phi) is 6.82. The van der Waals surface area contributed by atoms with E-state index in [1.54, 1.807) is 20.8 Å². The molecule has 172 valence electrons. The number of nitrogens with one attached hydrogen (secondary N) is 1. The molecule has 6 nitrogen and oxygen atoms in total. The van der Waals surface area contributed by atoms with Gasteiger partial charge in [-0.15, -0.1) is 0 Å². The van der Waals surface area contributed by atoms with Gasteiger partial charge in [0.25, 0.3) is 5.91 Å². The number of nitrogens with zero attached hydrogens (tertiary/aromatic N) is 2. The van der Waals surface area contributed by atoms with Gasteiger partial charge in [0.2, 0.25) is 5.91 Å². The lowest BCUT2D eigenvalue weighted by molar-refractivity contribution is -0.129. The van der Waals surface area contributed by atoms with Gasteiger partial charge in [-0.3, -0.25) is 9.59 Å². The lowest BCUT2D eigenvalue weighted by Crippen LogP contribution is -2.48. The molecule has 1 saturated heterocycles. The molecule has 0 radical (unpaired) electrons. The highest BCUT2D eigenvalue weighted by Gasteiger charge is 2.30. The number of carbonyl (C=O) groups excluding carboxylic acids is 2. The normalized spacial score (nSPS) is 14.8. The molecule has 0 bridgehead atoms. The Balaban J connectivity index is 1.58. The molecule has 2 aromatic rings. The fourth-order valence-electron chi connectivity index (χ4n) is 3.68. The first-order valence-corrected chi connectivity index (χ1v) is 11.2. The molecule has 1 aliphatic rings. The fraction of sp³-hybridized carbons (Fsp3) is 0.462. The summed E-state index contributed by atoms with van der Waals surface area (Å²) in [5.74, 6) is 0.580. The van der Waals surface area contributed by atoms with Gasteiger partial charge in [0.1, 0.15) is 5.75 Å². The smallest absolute Gasteiger partial charge is 0.267 e. The van der Waals surface area contributed by atoms with Crippen molar-refractivity contribution in [2.24, 2.45) is 0 Å². The Labute approximate surface area is 191 Å². The first kappa shape index (κ1) is 23.6. The van der Waals surface area contributed by atoms with Crippen molar-refractivity contribution in [2.75, 3.05) is 36.4 Å². The van der Waals surface area contributed by atoms with Gasteiger partial charge in [-0.05, 0) is 61.2 Å². The van der Waals surface area contributed by atoms with Gasteiger partial charge in [-0.25, -0.2) is 0 Å². The van der Waals surface area contributed by atoms with Crippen LogP contribution in [0.4, 0.5) is 11.4 Å². The summed E-state index contributed by atoms with van der Waals surface area (Å²) < 4.78 is 6.00. The predicted molar refractivity (Wildman–Crippen MR) is 129 cm³/mol. The SMILES string of the molecule is CC(=O)N1CCN(c2ccc(NC(=O)C(C)(C)Oc3ccc(C(C)(C)C)cc3)cc2)CC1. The molecule has 3 rings (SSSR count). The molecule has 0 aromatic heterocycles. The van der Waals surface area contributed by atoms with Crippen LogP contribution < -0.4 is 15.0 Å². The van der Waals surface area contributed by atoms with E-state index in [2.05, 4.69) is 31.0 Å². The topological polar surface area (TPSA) is 61.9 Å². The van der Waals surface area contributed by atoms with E-state index < -0.39 is 5.60 Å². The second-order valence-corrected chi connectivity index (χ2v) is 9.88. The Morgan fingerprint density at radius 1 is 0.844 bits per heavy atom. The van der Waals surface area contributed by atoms with Crippen molar-refractivity contribution in [3.8, 4) is 5.75 Å². The molecule has 2 aromatic carbocycles. The van der Waals surface area contributed by atoms with Gasteiger partial charge >= 0.3 is 0 Å². The van der Waals surface area contributed by atoms with E-state index in [-0.39, 0.29) is 17.2 Å². The van der Waals surface area contributed by atoms with Crippen LogP contribution >= 0.6 is 0 Å². The molecule has 1 fully saturated rings. The van der Waals surface area contributed by atoms with Crippen LogP contribution in [0, 0.1) is 0 Å². The molecule has 0 aliphatic carbocycles. The number of amides is 2. The van der Waals surface area contributed by atoms with Crippen LogP contribution in [0.3, 0.4) is 0 Å². The summed E-state index contributed by atoms with van der Waals surface area (Å²) in [5, 5.41) is 2.95. The average molecular weight is 438 g/mol. The van der Waals surface area contributed by atoms with E-state index in [0.29, 0.717) is 5.75 Å². The quantitative estimate of drug-likeness (QED) is 0.751. The Morgan fingerprint density at radius 3 is 1.91 bits per heavy atom. The molecule has 1 aliphatic heterocycles. The number of hydrogen-bond donors (Lipinski definition) is 1. The lowest BCUT2D eigenvalue weighted by Gasteiger charge is -2.35. The van der Waals surface area contributed by atoms with Gasteiger partial charge in [-0.2, -0.15) is 0 Å². The van der Waals surface area contributed by atoms with E-state index in [4.69, 9.17) is 4.74 Å². The first-order chi connectivity index (χ1) is 15.0. The van der Waals surface area contributed by atoms with Crippen LogP contribution in [0.5, 0.6) is 5.75 Å². The summed E-state index contributed by atoms with van der Waals surface area (Å²) in [4.78, 5) is 28.5. The van der Waals surface area contributed by atoms with Crippen LogP contribution in [-0.4, -0.2) is 48.5 Å². The van der Waals surface area contributed by atoms with Gasteiger partial charge in [0.05, 0.1) is 0 Å². The molecule has 32 heavy (non-hydrogen) atoms. The van der Waals surface area contributed by atoms with Crippen molar-refractivity contribution >= 4 is 23.2 Å². The monoisotopic (exact) mass is 437 g/mol. The Bertz CT molecular complexity index is 936. The zero-order chi connectivity index (χ0) is 23.5. The largest absolute Gasteiger partial charge is 0.478 e. The Morgan fingerprint density at radius 2 is 1.41 bits per heavy atom. The van der Waals surface area contributed by atoms with Gasteiger partial charge < -0.3 is 19.9 Å². The molecule has 1 heterocycles. The third kappa shape index (κ3) is 5.81. The van der Waals surface area contributed by atoms with Crippen molar-refractivity contribution in [3.05, 3.63) is 54.1 Å². The number of rotatable bonds is 5. The van der Waals surface area contributed by atoms with Gasteiger partial charge in [-0.1, -0.05) is 32.9 Å². The summed E-state index contributed by atoms with van der Waals surface area (Å²) >= 11 is 0. The summed E-state index contributed by atoms with van der Waals surface area (Å²) in [5.41, 5.74) is 2.07. The third-order valence-electron chi connectivity index (χ3n) is 5.86. The summed E-state index contributed by atoms with van der Waals surface area (Å²) in [6.07, 6.45) is 0. The maximum atomic E-state index is 12.9. The van der Waals surface area contributed by atoms with Crippen molar-refractivity contribution in [1.82, 2.24) is 4.90 Å². The highest BCUT2D eigenvalue weighted by atomic mass is 16.5. The van der Waals surface area contributed by atoms with Crippen LogP contribution in [0.1, 0.15) is 47.1 Å². The minimum atomic E-state index is -1.02. The molecule has 1 N–H and O–H groups in total. The van der Waals surface area contributed by atoms with Crippen molar-refractivity contribution in [3.63, 3.8) is 0 Å². The standard InChI is InChI=1S/C26H35N3O3/c1-19(30)28-15-17-29(18-16-28)22-11-9-21(10-12-22)27-24(31)26(5,6)32-23-13-7-20(8-14-23)25(2,3)4/h7-14H,15-18H2,1-6H3,(H,27,31). The molecule has 0 unspecified atom stereocenters. The highest BCUT2D eigenvalue weighted by molar-refractivity contribution is 5.97. The minimum Gasteiger partial charge on any atom is -0.478 e. The minimum absolute atomic E-state index is 0.0680. The zero-order valence-electron chi connectivity index (χ0n) is 20.1. The number of ether oxygens (including phenoxy) is 1. The van der Waals surface area contributed by atoms with Gasteiger partial charge in [0, 0.05) is 44.5 Å². The molecular weight excluding hydrogens is 402 g/mol.